The van der Waals surface area contributed by atoms with Crippen molar-refractivity contribution in [1.29, 1.82) is 0 Å². The Morgan fingerprint density at radius 2 is 1.89 bits per heavy atom. The van der Waals surface area contributed by atoms with Gasteiger partial charge in [-0.2, -0.15) is 4.80 Å². The average Bonchev–Trinajstić information content (AvgIpc) is 3.17. The lowest BCUT2D eigenvalue weighted by molar-refractivity contribution is -0.119. The van der Waals surface area contributed by atoms with Crippen LogP contribution in [0.1, 0.15) is 13.0 Å². The number of halogens is 1. The van der Waals surface area contributed by atoms with Crippen molar-refractivity contribution < 1.29 is 14.3 Å². The van der Waals surface area contributed by atoms with Gasteiger partial charge in [-0.25, -0.2) is 0 Å². The lowest BCUT2D eigenvalue weighted by Crippen LogP contribution is -2.25. The smallest absolute Gasteiger partial charge is 0.250 e. The fraction of sp³-hybridized carbons (Fsp3) is 0.222. The van der Waals surface area contributed by atoms with E-state index < -0.39 is 6.04 Å². The summed E-state index contributed by atoms with van der Waals surface area (Å²) in [5, 5.41) is 15.2. The van der Waals surface area contributed by atoms with Gasteiger partial charge in [-0.1, -0.05) is 15.9 Å². The van der Waals surface area contributed by atoms with Crippen LogP contribution >= 0.6 is 15.9 Å². The molecule has 1 aromatic heterocycles. The minimum Gasteiger partial charge on any atom is -0.497 e. The van der Waals surface area contributed by atoms with Crippen LogP contribution in [-0.4, -0.2) is 40.3 Å². The molecule has 3 aromatic rings. The third-order valence-corrected chi connectivity index (χ3v) is 4.45. The molecule has 1 atom stereocenters. The van der Waals surface area contributed by atoms with Crippen molar-refractivity contribution in [1.82, 2.24) is 20.2 Å². The molecule has 9 heteroatoms. The molecule has 1 unspecified atom stereocenters. The van der Waals surface area contributed by atoms with Gasteiger partial charge in [0.1, 0.15) is 17.5 Å². The zero-order valence-corrected chi connectivity index (χ0v) is 16.6. The number of amides is 1. The maximum atomic E-state index is 12.6. The summed E-state index contributed by atoms with van der Waals surface area (Å²) in [6.07, 6.45) is 0. The lowest BCUT2D eigenvalue weighted by Gasteiger charge is -2.14. The Morgan fingerprint density at radius 1 is 1.15 bits per heavy atom. The van der Waals surface area contributed by atoms with Crippen molar-refractivity contribution in [2.24, 2.45) is 0 Å². The fourth-order valence-corrected chi connectivity index (χ4v) is 2.62. The molecule has 0 saturated heterocycles. The maximum Gasteiger partial charge on any atom is 0.250 e. The Morgan fingerprint density at radius 3 is 2.56 bits per heavy atom. The molecule has 1 amide bonds. The van der Waals surface area contributed by atoms with Crippen LogP contribution in [0.4, 0.5) is 5.69 Å². The molecule has 3 rings (SSSR count). The van der Waals surface area contributed by atoms with Gasteiger partial charge in [0.05, 0.1) is 19.9 Å². The zero-order valence-electron chi connectivity index (χ0n) is 15.0. The first-order valence-electron chi connectivity index (χ1n) is 8.10. The number of benzene rings is 2. The van der Waals surface area contributed by atoms with Gasteiger partial charge in [0.25, 0.3) is 5.91 Å². The van der Waals surface area contributed by atoms with Crippen LogP contribution in [0.2, 0.25) is 0 Å². The number of methoxy groups -OCH3 is 2. The molecular formula is C18H18BrN5O3. The number of hydrogen-bond donors (Lipinski definition) is 1. The largest absolute Gasteiger partial charge is 0.497 e. The number of aromatic nitrogens is 4. The van der Waals surface area contributed by atoms with Crippen LogP contribution in [0, 0.1) is 0 Å². The minimum absolute atomic E-state index is 0.304. The molecule has 0 aliphatic rings. The van der Waals surface area contributed by atoms with Crippen molar-refractivity contribution in [2.45, 2.75) is 13.0 Å². The van der Waals surface area contributed by atoms with E-state index in [9.17, 15) is 4.79 Å². The molecular weight excluding hydrogens is 414 g/mol. The van der Waals surface area contributed by atoms with Gasteiger partial charge in [0, 0.05) is 16.1 Å². The highest BCUT2D eigenvalue weighted by Crippen LogP contribution is 2.29. The number of ether oxygens (including phenoxy) is 2. The summed E-state index contributed by atoms with van der Waals surface area (Å²) in [4.78, 5) is 13.9. The standard InChI is InChI=1S/C18H18BrN5O3/c1-11(18(25)20-15-10-14(26-2)8-9-16(15)27-3)24-22-17(21-23-24)12-4-6-13(19)7-5-12/h4-11H,1-3H3,(H,20,25). The predicted molar refractivity (Wildman–Crippen MR) is 104 cm³/mol. The van der Waals surface area contributed by atoms with Gasteiger partial charge in [-0.05, 0) is 48.5 Å². The number of nitrogens with zero attached hydrogens (tertiary/aromatic N) is 4. The van der Waals surface area contributed by atoms with Crippen LogP contribution in [0.25, 0.3) is 11.4 Å². The Hall–Kier alpha value is -2.94. The van der Waals surface area contributed by atoms with Gasteiger partial charge in [-0.3, -0.25) is 4.79 Å². The summed E-state index contributed by atoms with van der Waals surface area (Å²) < 4.78 is 11.4. The normalized spacial score (nSPS) is 11.7. The zero-order chi connectivity index (χ0) is 19.4. The molecule has 0 aliphatic carbocycles. The van der Waals surface area contributed by atoms with E-state index in [-0.39, 0.29) is 5.91 Å². The van der Waals surface area contributed by atoms with Gasteiger partial charge < -0.3 is 14.8 Å². The third kappa shape index (κ3) is 4.25. The van der Waals surface area contributed by atoms with Crippen LogP contribution in [0.15, 0.2) is 46.9 Å². The van der Waals surface area contributed by atoms with Gasteiger partial charge in [-0.15, -0.1) is 10.2 Å². The second-order valence-electron chi connectivity index (χ2n) is 5.67. The molecule has 27 heavy (non-hydrogen) atoms. The molecule has 1 N–H and O–H groups in total. The predicted octanol–water partition coefficient (Wildman–Crippen LogP) is 3.32. The summed E-state index contributed by atoms with van der Waals surface area (Å²) in [6, 6.07) is 12.0. The third-order valence-electron chi connectivity index (χ3n) is 3.92. The number of rotatable bonds is 6. The molecule has 0 saturated carbocycles. The molecule has 0 fully saturated rings. The summed E-state index contributed by atoms with van der Waals surface area (Å²) >= 11 is 3.39. The summed E-state index contributed by atoms with van der Waals surface area (Å²) in [5.74, 6) is 1.27. The van der Waals surface area contributed by atoms with Crippen molar-refractivity contribution in [2.75, 3.05) is 19.5 Å². The van der Waals surface area contributed by atoms with Crippen LogP contribution in [-0.2, 0) is 4.79 Å². The van der Waals surface area contributed by atoms with Gasteiger partial charge >= 0.3 is 0 Å². The van der Waals surface area contributed by atoms with E-state index in [4.69, 9.17) is 9.47 Å². The highest BCUT2D eigenvalue weighted by Gasteiger charge is 2.20. The van der Waals surface area contributed by atoms with Crippen molar-refractivity contribution in [3.8, 4) is 22.9 Å². The highest BCUT2D eigenvalue weighted by atomic mass is 79.9. The van der Waals surface area contributed by atoms with Gasteiger partial charge in [0.15, 0.2) is 0 Å². The van der Waals surface area contributed by atoms with Crippen molar-refractivity contribution in [3.05, 3.63) is 46.9 Å². The first-order chi connectivity index (χ1) is 13.0. The second kappa shape index (κ2) is 8.17. The molecule has 1 heterocycles. The van der Waals surface area contributed by atoms with Gasteiger partial charge in [0.2, 0.25) is 5.82 Å². The quantitative estimate of drug-likeness (QED) is 0.643. The van der Waals surface area contributed by atoms with E-state index in [0.717, 1.165) is 10.0 Å². The number of carbonyl (C=O) groups excluding carboxylic acids is 1. The SMILES string of the molecule is COc1ccc(OC)c(NC(=O)C(C)n2nnc(-c3ccc(Br)cc3)n2)c1. The number of carbonyl (C=O) groups is 1. The summed E-state index contributed by atoms with van der Waals surface area (Å²) in [6.45, 7) is 1.69. The van der Waals surface area contributed by atoms with Crippen LogP contribution in [0.5, 0.6) is 11.5 Å². The van der Waals surface area contributed by atoms with E-state index in [2.05, 4.69) is 36.7 Å². The molecule has 8 nitrogen and oxygen atoms in total. The van der Waals surface area contributed by atoms with E-state index in [0.29, 0.717) is 23.0 Å². The maximum absolute atomic E-state index is 12.6. The average molecular weight is 432 g/mol. The van der Waals surface area contributed by atoms with E-state index in [1.54, 1.807) is 32.2 Å². The van der Waals surface area contributed by atoms with E-state index in [1.165, 1.54) is 11.9 Å². The number of nitrogens with one attached hydrogen (secondary N) is 1. The Bertz CT molecular complexity index is 942. The lowest BCUT2D eigenvalue weighted by atomic mass is 10.2. The molecule has 2 aromatic carbocycles. The number of hydrogen-bond acceptors (Lipinski definition) is 6. The van der Waals surface area contributed by atoms with Crippen molar-refractivity contribution in [3.63, 3.8) is 0 Å². The Kier molecular flexibility index (Phi) is 5.70. The summed E-state index contributed by atoms with van der Waals surface area (Å²) in [5.41, 5.74) is 1.31. The Balaban J connectivity index is 1.77. The monoisotopic (exact) mass is 431 g/mol. The fourth-order valence-electron chi connectivity index (χ4n) is 2.36. The highest BCUT2D eigenvalue weighted by molar-refractivity contribution is 9.10. The van der Waals surface area contributed by atoms with E-state index >= 15 is 0 Å². The first-order valence-corrected chi connectivity index (χ1v) is 8.89. The van der Waals surface area contributed by atoms with E-state index in [1.807, 2.05) is 24.3 Å². The van der Waals surface area contributed by atoms with Crippen LogP contribution in [0.3, 0.4) is 0 Å². The topological polar surface area (TPSA) is 91.2 Å². The molecule has 0 bridgehead atoms. The number of anilines is 1. The molecule has 0 spiro atoms. The number of tetrazole rings is 1. The Labute approximate surface area is 164 Å². The molecule has 0 aliphatic heterocycles. The van der Waals surface area contributed by atoms with Crippen molar-refractivity contribution >= 4 is 27.5 Å². The van der Waals surface area contributed by atoms with Crippen LogP contribution < -0.4 is 14.8 Å². The first kappa shape index (κ1) is 18.8. The second-order valence-corrected chi connectivity index (χ2v) is 6.59. The minimum atomic E-state index is -0.669. The molecule has 0 radical (unpaired) electrons. The summed E-state index contributed by atoms with van der Waals surface area (Å²) in [7, 11) is 3.09. The molecule has 140 valence electrons.